The van der Waals surface area contributed by atoms with Crippen molar-refractivity contribution in [3.05, 3.63) is 47.0 Å². The molecule has 1 aromatic carbocycles. The van der Waals surface area contributed by atoms with Crippen molar-refractivity contribution in [2.75, 3.05) is 7.11 Å². The molecular formula is C30H45NO4. The summed E-state index contributed by atoms with van der Waals surface area (Å²) in [6.07, 6.45) is -0.428. The van der Waals surface area contributed by atoms with Crippen LogP contribution < -0.4 is 0 Å². The van der Waals surface area contributed by atoms with Crippen LogP contribution in [0.2, 0.25) is 0 Å². The summed E-state index contributed by atoms with van der Waals surface area (Å²) in [6.45, 7) is 25.1. The number of rotatable bonds is 2. The number of hydrogen-bond acceptors (Lipinski definition) is 4. The molecule has 0 spiro atoms. The second-order valence-corrected chi connectivity index (χ2v) is 14.2. The topological polar surface area (TPSA) is 55.8 Å². The number of likely N-dealkylation sites (tertiary alicyclic amines) is 1. The van der Waals surface area contributed by atoms with Gasteiger partial charge in [-0.15, -0.1) is 0 Å². The summed E-state index contributed by atoms with van der Waals surface area (Å²) < 4.78 is 11.6. The first kappa shape index (κ1) is 27.3. The number of nitrogens with zero attached hydrogens (tertiary/aromatic N) is 1. The zero-order valence-corrected chi connectivity index (χ0v) is 24.0. The van der Waals surface area contributed by atoms with E-state index in [1.54, 1.807) is 0 Å². The van der Waals surface area contributed by atoms with Crippen molar-refractivity contribution in [3.63, 3.8) is 0 Å². The van der Waals surface area contributed by atoms with Crippen molar-refractivity contribution in [2.24, 2.45) is 21.7 Å². The van der Waals surface area contributed by atoms with Crippen molar-refractivity contribution in [3.8, 4) is 0 Å². The average Bonchev–Trinajstić information content (AvgIpc) is 2.63. The van der Waals surface area contributed by atoms with Gasteiger partial charge in [0.1, 0.15) is 11.0 Å². The quantitative estimate of drug-likeness (QED) is 0.326. The highest BCUT2D eigenvalue weighted by Crippen LogP contribution is 2.83. The average molecular weight is 484 g/mol. The van der Waals surface area contributed by atoms with Gasteiger partial charge in [-0.25, -0.2) is 4.79 Å². The number of carbonyl (C=O) groups excluding carboxylic acids is 2. The largest absolute Gasteiger partial charge is 0.459 e. The molecule has 1 aliphatic carbocycles. The maximum Gasteiger partial charge on any atom is 0.410 e. The Morgan fingerprint density at radius 3 is 1.66 bits per heavy atom. The fourth-order valence-electron chi connectivity index (χ4n) is 6.97. The Balaban J connectivity index is 2.57. The van der Waals surface area contributed by atoms with E-state index in [1.165, 1.54) is 7.11 Å². The van der Waals surface area contributed by atoms with Crippen LogP contribution >= 0.6 is 0 Å². The van der Waals surface area contributed by atoms with Gasteiger partial charge < -0.3 is 9.47 Å². The Morgan fingerprint density at radius 1 is 0.800 bits per heavy atom. The second kappa shape index (κ2) is 7.85. The number of amides is 1. The Kier molecular flexibility index (Phi) is 6.12. The molecule has 0 N–H and O–H groups in total. The molecule has 3 atom stereocenters. The first-order chi connectivity index (χ1) is 15.7. The Hall–Kier alpha value is -2.30. The zero-order chi connectivity index (χ0) is 27.0. The monoisotopic (exact) mass is 483 g/mol. The SMILES string of the molecule is COC(=O)N1[C@@H](c2ccccc2)[C@@]2(C(=O)OC(C)(C)C)C(C(C)(C)C)=C(C(C)(C)C)[C@@]12C(C)(C)C. The third-order valence-corrected chi connectivity index (χ3v) is 7.40. The number of hydrogen-bond donors (Lipinski definition) is 0. The number of ether oxygens (including phenoxy) is 2. The number of fused-ring (bicyclic) bond motifs is 1. The summed E-state index contributed by atoms with van der Waals surface area (Å²) in [4.78, 5) is 30.1. The van der Waals surface area contributed by atoms with Crippen LogP contribution in [0.4, 0.5) is 4.79 Å². The summed E-state index contributed by atoms with van der Waals surface area (Å²) in [5, 5.41) is 0. The summed E-state index contributed by atoms with van der Waals surface area (Å²) in [5.74, 6) is -0.271. The molecule has 5 heteroatoms. The molecule has 0 saturated carbocycles. The normalized spacial score (nSPS) is 27.0. The molecule has 2 aliphatic rings. The minimum Gasteiger partial charge on any atom is -0.459 e. The lowest BCUT2D eigenvalue weighted by Gasteiger charge is -2.82. The molecule has 1 aliphatic heterocycles. The van der Waals surface area contributed by atoms with Crippen LogP contribution in [0.25, 0.3) is 0 Å². The van der Waals surface area contributed by atoms with Crippen molar-refractivity contribution in [1.29, 1.82) is 0 Å². The van der Waals surface area contributed by atoms with E-state index in [-0.39, 0.29) is 16.8 Å². The van der Waals surface area contributed by atoms with E-state index in [2.05, 4.69) is 62.3 Å². The molecular weight excluding hydrogens is 438 g/mol. The van der Waals surface area contributed by atoms with E-state index in [1.807, 2.05) is 56.0 Å². The summed E-state index contributed by atoms with van der Waals surface area (Å²) in [7, 11) is 1.41. The van der Waals surface area contributed by atoms with Crippen LogP contribution in [-0.4, -0.2) is 35.2 Å². The van der Waals surface area contributed by atoms with Crippen LogP contribution in [0.1, 0.15) is 94.7 Å². The maximum atomic E-state index is 14.6. The second-order valence-electron chi connectivity index (χ2n) is 14.2. The standard InChI is InChI=1S/C30H45NO4/c1-25(2,3)20-21(26(4,5)6)30(27(7,8)9)29(20,23(32)35-28(10,11)12)22(31(30)24(33)34-13)19-17-15-14-16-18-19/h14-18,22H,1-13H3/t22-,29+,30-/m0/s1. The van der Waals surface area contributed by atoms with Gasteiger partial charge in [0.15, 0.2) is 0 Å². The highest BCUT2D eigenvalue weighted by atomic mass is 16.6. The Labute approximate surface area is 212 Å². The molecule has 1 aromatic rings. The molecule has 0 aromatic heterocycles. The van der Waals surface area contributed by atoms with Gasteiger partial charge >= 0.3 is 12.1 Å². The summed E-state index contributed by atoms with van der Waals surface area (Å²) in [5.41, 5.74) is -0.628. The Bertz CT molecular complexity index is 1040. The Morgan fingerprint density at radius 2 is 1.29 bits per heavy atom. The van der Waals surface area contributed by atoms with E-state index in [9.17, 15) is 9.59 Å². The number of esters is 1. The first-order valence-corrected chi connectivity index (χ1v) is 12.6. The van der Waals surface area contributed by atoms with Crippen LogP contribution in [-0.2, 0) is 14.3 Å². The smallest absolute Gasteiger partial charge is 0.410 e. The van der Waals surface area contributed by atoms with Crippen LogP contribution in [0.5, 0.6) is 0 Å². The van der Waals surface area contributed by atoms with Crippen molar-refractivity contribution >= 4 is 12.1 Å². The molecule has 1 fully saturated rings. The summed E-state index contributed by atoms with van der Waals surface area (Å²) >= 11 is 0. The number of carbonyl (C=O) groups is 2. The van der Waals surface area contributed by atoms with E-state index in [0.717, 1.165) is 16.7 Å². The van der Waals surface area contributed by atoms with Gasteiger partial charge in [0.05, 0.1) is 18.7 Å². The van der Waals surface area contributed by atoms with Gasteiger partial charge in [-0.1, -0.05) is 92.6 Å². The van der Waals surface area contributed by atoms with Crippen LogP contribution in [0, 0.1) is 21.7 Å². The van der Waals surface area contributed by atoms with Crippen LogP contribution in [0.3, 0.4) is 0 Å². The lowest BCUT2D eigenvalue weighted by molar-refractivity contribution is -0.256. The molecule has 1 saturated heterocycles. The predicted octanol–water partition coefficient (Wildman–Crippen LogP) is 7.33. The highest BCUT2D eigenvalue weighted by Gasteiger charge is 2.90. The predicted molar refractivity (Wildman–Crippen MR) is 140 cm³/mol. The fraction of sp³-hybridized carbons (Fsp3) is 0.667. The molecule has 194 valence electrons. The van der Waals surface area contributed by atoms with Gasteiger partial charge in [0, 0.05) is 0 Å². The molecule has 1 amide bonds. The third kappa shape index (κ3) is 3.55. The molecule has 0 radical (unpaired) electrons. The molecule has 1 heterocycles. The lowest BCUT2D eigenvalue weighted by atomic mass is 9.29. The van der Waals surface area contributed by atoms with E-state index in [0.29, 0.717) is 0 Å². The van der Waals surface area contributed by atoms with Gasteiger partial charge in [0.25, 0.3) is 0 Å². The molecule has 5 nitrogen and oxygen atoms in total. The van der Waals surface area contributed by atoms with Crippen LogP contribution in [0.15, 0.2) is 41.5 Å². The number of benzene rings is 1. The van der Waals surface area contributed by atoms with E-state index < -0.39 is 34.1 Å². The van der Waals surface area contributed by atoms with Gasteiger partial charge in [-0.05, 0) is 53.7 Å². The molecule has 0 bridgehead atoms. The number of methoxy groups -OCH3 is 1. The molecule has 35 heavy (non-hydrogen) atoms. The van der Waals surface area contributed by atoms with Gasteiger partial charge in [-0.2, -0.15) is 0 Å². The van der Waals surface area contributed by atoms with Crippen molar-refractivity contribution < 1.29 is 19.1 Å². The highest BCUT2D eigenvalue weighted by molar-refractivity contribution is 5.96. The fourth-order valence-corrected chi connectivity index (χ4v) is 6.97. The van der Waals surface area contributed by atoms with Crippen molar-refractivity contribution in [2.45, 2.75) is 100 Å². The minimum atomic E-state index is -1.05. The van der Waals surface area contributed by atoms with Gasteiger partial charge in [0.2, 0.25) is 0 Å². The van der Waals surface area contributed by atoms with E-state index in [4.69, 9.17) is 9.47 Å². The van der Waals surface area contributed by atoms with Crippen molar-refractivity contribution in [1.82, 2.24) is 4.90 Å². The lowest BCUT2D eigenvalue weighted by Crippen LogP contribution is -2.91. The zero-order valence-electron chi connectivity index (χ0n) is 24.0. The first-order valence-electron chi connectivity index (χ1n) is 12.6. The molecule has 0 unspecified atom stereocenters. The van der Waals surface area contributed by atoms with E-state index >= 15 is 0 Å². The summed E-state index contributed by atoms with van der Waals surface area (Å²) in [6, 6.07) is 9.31. The minimum absolute atomic E-state index is 0.271. The molecule has 3 rings (SSSR count). The maximum absolute atomic E-state index is 14.6. The van der Waals surface area contributed by atoms with Gasteiger partial charge in [-0.3, -0.25) is 9.69 Å². The third-order valence-electron chi connectivity index (χ3n) is 7.40.